The first-order chi connectivity index (χ1) is 19.8. The second kappa shape index (κ2) is 12.7. The van der Waals surface area contributed by atoms with Crippen molar-refractivity contribution in [1.29, 1.82) is 0 Å². The highest BCUT2D eigenvalue weighted by molar-refractivity contribution is 7.87. The molecule has 2 N–H and O–H groups in total. The van der Waals surface area contributed by atoms with Crippen molar-refractivity contribution in [3.63, 3.8) is 0 Å². The Hall–Kier alpha value is -3.89. The summed E-state index contributed by atoms with van der Waals surface area (Å²) in [6, 6.07) is 22.2. The zero-order chi connectivity index (χ0) is 28.8. The van der Waals surface area contributed by atoms with Crippen molar-refractivity contribution >= 4 is 32.8 Å². The van der Waals surface area contributed by atoms with Gasteiger partial charge >= 0.3 is 10.1 Å². The van der Waals surface area contributed by atoms with Gasteiger partial charge in [0.15, 0.2) is 11.5 Å². The van der Waals surface area contributed by atoms with Crippen LogP contribution in [0.25, 0.3) is 10.9 Å². The first kappa shape index (κ1) is 28.6. The van der Waals surface area contributed by atoms with Gasteiger partial charge in [0.1, 0.15) is 10.7 Å². The number of fused-ring (bicyclic) bond motifs is 1. The Morgan fingerprint density at radius 2 is 1.59 bits per heavy atom. The summed E-state index contributed by atoms with van der Waals surface area (Å²) in [5, 5.41) is 8.20. The minimum absolute atomic E-state index is 0.101. The smallest absolute Gasteiger partial charge is 0.339 e. The number of hydrogen-bond acceptors (Lipinski definition) is 9. The van der Waals surface area contributed by atoms with Crippen molar-refractivity contribution < 1.29 is 17.3 Å². The molecule has 1 aliphatic rings. The number of hydrogen-bond donors (Lipinski definition) is 2. The van der Waals surface area contributed by atoms with Crippen LogP contribution in [0, 0.1) is 0 Å². The monoisotopic (exact) mass is 575 g/mol. The maximum atomic E-state index is 13.0. The van der Waals surface area contributed by atoms with E-state index < -0.39 is 10.1 Å². The third-order valence-electron chi connectivity index (χ3n) is 7.23. The highest BCUT2D eigenvalue weighted by atomic mass is 32.2. The molecule has 3 aromatic carbocycles. The minimum Gasteiger partial charge on any atom is -0.490 e. The lowest BCUT2D eigenvalue weighted by Crippen LogP contribution is -2.37. The molecule has 216 valence electrons. The molecule has 5 rings (SSSR count). The van der Waals surface area contributed by atoms with Crippen LogP contribution >= 0.6 is 0 Å². The van der Waals surface area contributed by atoms with Crippen LogP contribution < -0.4 is 24.5 Å². The lowest BCUT2D eigenvalue weighted by atomic mass is 9.91. The van der Waals surface area contributed by atoms with Crippen molar-refractivity contribution in [3.05, 3.63) is 78.4 Å². The largest absolute Gasteiger partial charge is 0.490 e. The summed E-state index contributed by atoms with van der Waals surface area (Å²) in [5.41, 5.74) is 1.65. The fourth-order valence-corrected chi connectivity index (χ4v) is 6.15. The Bertz CT molecular complexity index is 1570. The Balaban J connectivity index is 1.23. The van der Waals surface area contributed by atoms with Gasteiger partial charge in [-0.2, -0.15) is 13.4 Å². The van der Waals surface area contributed by atoms with E-state index in [1.165, 1.54) is 12.1 Å². The van der Waals surface area contributed by atoms with Crippen LogP contribution in [0.3, 0.4) is 0 Å². The number of rotatable bonds is 11. The minimum atomic E-state index is -4.01. The molecule has 0 bridgehead atoms. The molecule has 1 heterocycles. The summed E-state index contributed by atoms with van der Waals surface area (Å²) in [4.78, 5) is 11.7. The van der Waals surface area contributed by atoms with Crippen molar-refractivity contribution in [3.8, 4) is 11.5 Å². The summed E-state index contributed by atoms with van der Waals surface area (Å²) in [5.74, 6) is 2.19. The van der Waals surface area contributed by atoms with Crippen LogP contribution in [0.2, 0.25) is 0 Å². The lowest BCUT2D eigenvalue weighted by Gasteiger charge is -2.30. The number of benzene rings is 3. The van der Waals surface area contributed by atoms with Crippen molar-refractivity contribution in [1.82, 2.24) is 15.3 Å². The number of para-hydroxylation sites is 2. The molecule has 41 heavy (non-hydrogen) atoms. The second-order valence-corrected chi connectivity index (χ2v) is 11.9. The zero-order valence-electron chi connectivity index (χ0n) is 23.7. The molecule has 1 aromatic heterocycles. The quantitative estimate of drug-likeness (QED) is 0.228. The Morgan fingerprint density at radius 1 is 0.878 bits per heavy atom. The van der Waals surface area contributed by atoms with E-state index in [1.54, 1.807) is 24.3 Å². The van der Waals surface area contributed by atoms with Crippen LogP contribution in [0.15, 0.2) is 77.7 Å². The van der Waals surface area contributed by atoms with E-state index in [2.05, 4.69) is 10.6 Å². The SMILES string of the molecule is CCOc1cccc(CN[C@H]2CC[C@@H](Nc3nc(N(C)C)c4ccccc4n3)CC2)c1OS(=O)(=O)c1ccccc1. The number of ether oxygens (including phenoxy) is 1. The third kappa shape index (κ3) is 6.89. The van der Waals surface area contributed by atoms with E-state index in [4.69, 9.17) is 18.9 Å². The van der Waals surface area contributed by atoms with Gasteiger partial charge in [-0.25, -0.2) is 4.98 Å². The van der Waals surface area contributed by atoms with Crippen LogP contribution in [0.5, 0.6) is 11.5 Å². The first-order valence-corrected chi connectivity index (χ1v) is 15.4. The number of anilines is 2. The molecule has 10 heteroatoms. The molecule has 0 amide bonds. The van der Waals surface area contributed by atoms with Gasteiger partial charge in [-0.15, -0.1) is 0 Å². The molecule has 0 saturated heterocycles. The Kier molecular flexibility index (Phi) is 8.90. The molecule has 0 atom stereocenters. The van der Waals surface area contributed by atoms with Crippen LogP contribution in [-0.4, -0.2) is 51.2 Å². The number of nitrogens with one attached hydrogen (secondary N) is 2. The van der Waals surface area contributed by atoms with Gasteiger partial charge in [0.25, 0.3) is 0 Å². The predicted molar refractivity (Wildman–Crippen MR) is 162 cm³/mol. The van der Waals surface area contributed by atoms with Gasteiger partial charge in [0.2, 0.25) is 5.95 Å². The Morgan fingerprint density at radius 3 is 2.32 bits per heavy atom. The molecule has 0 spiro atoms. The third-order valence-corrected chi connectivity index (χ3v) is 8.47. The zero-order valence-corrected chi connectivity index (χ0v) is 24.5. The van der Waals surface area contributed by atoms with Gasteiger partial charge in [0.05, 0.1) is 12.1 Å². The fraction of sp³-hybridized carbons (Fsp3) is 0.355. The van der Waals surface area contributed by atoms with Gasteiger partial charge in [0, 0.05) is 43.7 Å². The van der Waals surface area contributed by atoms with Crippen LogP contribution in [0.4, 0.5) is 11.8 Å². The molecule has 0 radical (unpaired) electrons. The highest BCUT2D eigenvalue weighted by Crippen LogP contribution is 2.34. The fourth-order valence-electron chi connectivity index (χ4n) is 5.15. The van der Waals surface area contributed by atoms with E-state index in [1.807, 2.05) is 62.3 Å². The van der Waals surface area contributed by atoms with Crippen molar-refractivity contribution in [2.45, 2.75) is 56.1 Å². The molecule has 1 aliphatic carbocycles. The van der Waals surface area contributed by atoms with Gasteiger partial charge in [-0.3, -0.25) is 0 Å². The van der Waals surface area contributed by atoms with E-state index in [0.717, 1.165) is 48.0 Å². The topological polar surface area (TPSA) is 106 Å². The summed E-state index contributed by atoms with van der Waals surface area (Å²) in [6.45, 7) is 2.72. The first-order valence-electron chi connectivity index (χ1n) is 14.0. The van der Waals surface area contributed by atoms with Crippen LogP contribution in [0.1, 0.15) is 38.2 Å². The number of nitrogens with zero attached hydrogens (tertiary/aromatic N) is 3. The van der Waals surface area contributed by atoms with Gasteiger partial charge in [-0.1, -0.05) is 42.5 Å². The molecule has 9 nitrogen and oxygen atoms in total. The maximum absolute atomic E-state index is 13.0. The van der Waals surface area contributed by atoms with Gasteiger partial charge in [-0.05, 0) is 62.9 Å². The normalized spacial score (nSPS) is 17.2. The average molecular weight is 576 g/mol. The highest BCUT2D eigenvalue weighted by Gasteiger charge is 2.25. The molecule has 1 saturated carbocycles. The molecule has 4 aromatic rings. The van der Waals surface area contributed by atoms with Crippen molar-refractivity contribution in [2.75, 3.05) is 30.9 Å². The summed E-state index contributed by atoms with van der Waals surface area (Å²) >= 11 is 0. The lowest BCUT2D eigenvalue weighted by molar-refractivity contribution is 0.324. The summed E-state index contributed by atoms with van der Waals surface area (Å²) in [6.07, 6.45) is 3.87. The van der Waals surface area contributed by atoms with Crippen molar-refractivity contribution in [2.24, 2.45) is 0 Å². The summed E-state index contributed by atoms with van der Waals surface area (Å²) in [7, 11) is -0.0240. The molecule has 1 fully saturated rings. The standard InChI is InChI=1S/C31H37N5O4S/c1-4-39-28-16-10-11-22(29(28)40-41(37,38)25-12-6-5-7-13-25)21-32-23-17-19-24(20-18-23)33-31-34-27-15-9-8-14-26(27)30(35-31)36(2)3/h5-16,23-24,32H,4,17-21H2,1-3H3,(H,33,34,35)/t23-,24+. The molecule has 0 aliphatic heterocycles. The summed E-state index contributed by atoms with van der Waals surface area (Å²) < 4.78 is 37.4. The van der Waals surface area contributed by atoms with Crippen LogP contribution in [-0.2, 0) is 16.7 Å². The maximum Gasteiger partial charge on any atom is 0.339 e. The molecular weight excluding hydrogens is 538 g/mol. The van der Waals surface area contributed by atoms with Gasteiger partial charge < -0.3 is 24.5 Å². The molecular formula is C31H37N5O4S. The van der Waals surface area contributed by atoms with E-state index in [-0.39, 0.29) is 22.7 Å². The van der Waals surface area contributed by atoms with E-state index >= 15 is 0 Å². The van der Waals surface area contributed by atoms with E-state index in [0.29, 0.717) is 24.8 Å². The Labute approximate surface area is 242 Å². The number of aromatic nitrogens is 2. The van der Waals surface area contributed by atoms with E-state index in [9.17, 15) is 8.42 Å². The molecule has 0 unspecified atom stereocenters. The second-order valence-electron chi connectivity index (χ2n) is 10.4. The predicted octanol–water partition coefficient (Wildman–Crippen LogP) is 5.38. The average Bonchev–Trinajstić information content (AvgIpc) is 2.98.